The number of esters is 1. The second-order valence-corrected chi connectivity index (χ2v) is 6.05. The van der Waals surface area contributed by atoms with Crippen LogP contribution in [0.4, 0.5) is 4.39 Å². The van der Waals surface area contributed by atoms with Gasteiger partial charge >= 0.3 is 5.97 Å². The fourth-order valence-electron chi connectivity index (χ4n) is 2.41. The van der Waals surface area contributed by atoms with Crippen molar-refractivity contribution < 1.29 is 13.9 Å². The van der Waals surface area contributed by atoms with Crippen LogP contribution in [0.25, 0.3) is 10.9 Å². The van der Waals surface area contributed by atoms with Gasteiger partial charge in [0.25, 0.3) is 5.56 Å². The Balaban J connectivity index is 2.09. The van der Waals surface area contributed by atoms with Crippen LogP contribution in [0.5, 0.6) is 0 Å². The number of ether oxygens (including phenoxy) is 1. The van der Waals surface area contributed by atoms with Crippen molar-refractivity contribution in [1.29, 1.82) is 0 Å². The van der Waals surface area contributed by atoms with Gasteiger partial charge in [-0.25, -0.2) is 14.2 Å². The topological polar surface area (TPSA) is 61.2 Å². The fraction of sp³-hybridized carbons (Fsp3) is 0.118. The molecule has 0 fully saturated rings. The van der Waals surface area contributed by atoms with Gasteiger partial charge in [0.1, 0.15) is 5.82 Å². The van der Waals surface area contributed by atoms with E-state index in [0.29, 0.717) is 16.5 Å². The lowest BCUT2D eigenvalue weighted by atomic mass is 10.1. The normalized spacial score (nSPS) is 10.8. The summed E-state index contributed by atoms with van der Waals surface area (Å²) in [6.45, 7) is 0.0823. The summed E-state index contributed by atoms with van der Waals surface area (Å²) in [5, 5.41) is 0.452. The summed E-state index contributed by atoms with van der Waals surface area (Å²) in [5.41, 5.74) is 0.883. The third kappa shape index (κ3) is 3.07. The van der Waals surface area contributed by atoms with Crippen LogP contribution >= 0.6 is 15.9 Å². The Labute approximate surface area is 144 Å². The highest BCUT2D eigenvalue weighted by molar-refractivity contribution is 9.10. The Kier molecular flexibility index (Phi) is 4.44. The van der Waals surface area contributed by atoms with Crippen LogP contribution in [-0.4, -0.2) is 22.6 Å². The lowest BCUT2D eigenvalue weighted by Crippen LogP contribution is -2.22. The van der Waals surface area contributed by atoms with E-state index in [1.165, 1.54) is 30.1 Å². The largest absolute Gasteiger partial charge is 0.465 e. The predicted molar refractivity (Wildman–Crippen MR) is 90.5 cm³/mol. The first-order valence-electron chi connectivity index (χ1n) is 7.01. The van der Waals surface area contributed by atoms with Gasteiger partial charge < -0.3 is 4.74 Å². The van der Waals surface area contributed by atoms with Gasteiger partial charge in [-0.15, -0.1) is 0 Å². The van der Waals surface area contributed by atoms with Crippen molar-refractivity contribution in [2.45, 2.75) is 6.54 Å². The Morgan fingerprint density at radius 3 is 2.83 bits per heavy atom. The van der Waals surface area contributed by atoms with E-state index in [2.05, 4.69) is 25.7 Å². The third-order valence-electron chi connectivity index (χ3n) is 3.60. The van der Waals surface area contributed by atoms with E-state index < -0.39 is 11.8 Å². The summed E-state index contributed by atoms with van der Waals surface area (Å²) >= 11 is 3.33. The van der Waals surface area contributed by atoms with Gasteiger partial charge in [0.15, 0.2) is 0 Å². The molecule has 0 aliphatic rings. The highest BCUT2D eigenvalue weighted by Gasteiger charge is 2.14. The second kappa shape index (κ2) is 6.52. The van der Waals surface area contributed by atoms with Crippen LogP contribution in [0.1, 0.15) is 15.9 Å². The first-order chi connectivity index (χ1) is 11.5. The molecule has 0 spiro atoms. The molecule has 0 radical (unpaired) electrons. The predicted octanol–water partition coefficient (Wildman–Crippen LogP) is 3.13. The molecule has 0 unspecified atom stereocenters. The molecule has 5 nitrogen and oxygen atoms in total. The number of halogens is 2. The van der Waals surface area contributed by atoms with Crippen LogP contribution in [0.3, 0.4) is 0 Å². The number of carbonyl (C=O) groups is 1. The van der Waals surface area contributed by atoms with Crippen molar-refractivity contribution in [1.82, 2.24) is 9.55 Å². The maximum absolute atomic E-state index is 13.4. The minimum absolute atomic E-state index is 0.0822. The minimum Gasteiger partial charge on any atom is -0.465 e. The Bertz CT molecular complexity index is 1000. The quantitative estimate of drug-likeness (QED) is 0.644. The Morgan fingerprint density at radius 2 is 2.08 bits per heavy atom. The van der Waals surface area contributed by atoms with Crippen molar-refractivity contribution in [3.63, 3.8) is 0 Å². The van der Waals surface area contributed by atoms with Crippen molar-refractivity contribution >= 4 is 32.8 Å². The van der Waals surface area contributed by atoms with E-state index in [1.807, 2.05) is 0 Å². The molecule has 3 rings (SSSR count). The number of hydrogen-bond acceptors (Lipinski definition) is 4. The highest BCUT2D eigenvalue weighted by atomic mass is 79.9. The minimum atomic E-state index is -0.658. The van der Waals surface area contributed by atoms with E-state index >= 15 is 0 Å². The molecule has 3 aromatic rings. The molecule has 2 aromatic carbocycles. The van der Waals surface area contributed by atoms with Crippen molar-refractivity contribution in [3.05, 3.63) is 74.5 Å². The van der Waals surface area contributed by atoms with E-state index in [-0.39, 0.29) is 17.7 Å². The molecule has 1 aromatic heterocycles. The van der Waals surface area contributed by atoms with Crippen LogP contribution in [0.15, 0.2) is 52.0 Å². The molecule has 0 saturated carbocycles. The van der Waals surface area contributed by atoms with Gasteiger partial charge in [-0.3, -0.25) is 9.36 Å². The fourth-order valence-corrected chi connectivity index (χ4v) is 2.77. The van der Waals surface area contributed by atoms with Crippen LogP contribution in [0, 0.1) is 5.82 Å². The van der Waals surface area contributed by atoms with Crippen molar-refractivity contribution in [3.8, 4) is 0 Å². The molecule has 0 aliphatic heterocycles. The number of carbonyl (C=O) groups excluding carboxylic acids is 1. The number of hydrogen-bond donors (Lipinski definition) is 0. The van der Waals surface area contributed by atoms with Gasteiger partial charge in [0.05, 0.1) is 36.4 Å². The SMILES string of the molecule is COC(=O)c1cc(F)ccc1Cn1cnc2ccc(Br)cc2c1=O. The number of benzene rings is 2. The molecule has 0 saturated heterocycles. The van der Waals surface area contributed by atoms with Gasteiger partial charge in [0, 0.05) is 4.47 Å². The number of nitrogens with zero attached hydrogens (tertiary/aromatic N) is 2. The number of rotatable bonds is 3. The average Bonchev–Trinajstić information content (AvgIpc) is 2.58. The molecule has 0 aliphatic carbocycles. The first kappa shape index (κ1) is 16.3. The van der Waals surface area contributed by atoms with Crippen LogP contribution in [0.2, 0.25) is 0 Å². The Hall–Kier alpha value is -2.54. The molecular weight excluding hydrogens is 379 g/mol. The monoisotopic (exact) mass is 390 g/mol. The summed E-state index contributed by atoms with van der Waals surface area (Å²) in [6.07, 6.45) is 1.41. The third-order valence-corrected chi connectivity index (χ3v) is 4.10. The number of methoxy groups -OCH3 is 1. The van der Waals surface area contributed by atoms with Crippen LogP contribution in [-0.2, 0) is 11.3 Å². The molecule has 122 valence electrons. The molecule has 1 heterocycles. The molecular formula is C17H12BrFN2O3. The highest BCUT2D eigenvalue weighted by Crippen LogP contribution is 2.17. The first-order valence-corrected chi connectivity index (χ1v) is 7.80. The zero-order valence-electron chi connectivity index (χ0n) is 12.6. The summed E-state index contributed by atoms with van der Waals surface area (Å²) in [7, 11) is 1.22. The lowest BCUT2D eigenvalue weighted by molar-refractivity contribution is 0.0598. The van der Waals surface area contributed by atoms with Gasteiger partial charge in [-0.05, 0) is 35.9 Å². The molecule has 0 amide bonds. The molecule has 0 atom stereocenters. The van der Waals surface area contributed by atoms with Gasteiger partial charge in [-0.1, -0.05) is 22.0 Å². The molecule has 0 N–H and O–H groups in total. The zero-order valence-corrected chi connectivity index (χ0v) is 14.2. The van der Waals surface area contributed by atoms with Crippen molar-refractivity contribution in [2.24, 2.45) is 0 Å². The lowest BCUT2D eigenvalue weighted by Gasteiger charge is -2.11. The number of aromatic nitrogens is 2. The van der Waals surface area contributed by atoms with Gasteiger partial charge in [-0.2, -0.15) is 0 Å². The smallest absolute Gasteiger partial charge is 0.338 e. The molecule has 24 heavy (non-hydrogen) atoms. The van der Waals surface area contributed by atoms with E-state index in [4.69, 9.17) is 0 Å². The summed E-state index contributed by atoms with van der Waals surface area (Å²) in [4.78, 5) is 28.7. The van der Waals surface area contributed by atoms with E-state index in [9.17, 15) is 14.0 Å². The average molecular weight is 391 g/mol. The maximum Gasteiger partial charge on any atom is 0.338 e. The molecule has 0 bridgehead atoms. The summed E-state index contributed by atoms with van der Waals surface area (Å²) < 4.78 is 20.2. The molecule has 7 heteroatoms. The van der Waals surface area contributed by atoms with E-state index in [1.54, 1.807) is 18.2 Å². The second-order valence-electron chi connectivity index (χ2n) is 5.13. The number of fused-ring (bicyclic) bond motifs is 1. The van der Waals surface area contributed by atoms with Gasteiger partial charge in [0.2, 0.25) is 0 Å². The summed E-state index contributed by atoms with van der Waals surface area (Å²) in [6, 6.07) is 9.01. The van der Waals surface area contributed by atoms with Crippen molar-refractivity contribution in [2.75, 3.05) is 7.11 Å². The van der Waals surface area contributed by atoms with E-state index in [0.717, 1.165) is 10.5 Å². The van der Waals surface area contributed by atoms with Crippen LogP contribution < -0.4 is 5.56 Å². The zero-order chi connectivity index (χ0) is 17.3. The maximum atomic E-state index is 13.4. The Morgan fingerprint density at radius 1 is 1.29 bits per heavy atom. The summed E-state index contributed by atoms with van der Waals surface area (Å²) in [5.74, 6) is -1.21. The standard InChI is InChI=1S/C17H12BrFN2O3/c1-24-17(23)13-7-12(19)4-2-10(13)8-21-9-20-15-5-3-11(18)6-14(15)16(21)22/h2-7,9H,8H2,1H3.